The van der Waals surface area contributed by atoms with Crippen molar-refractivity contribution in [3.63, 3.8) is 0 Å². The lowest BCUT2D eigenvalue weighted by Crippen LogP contribution is -2.43. The zero-order chi connectivity index (χ0) is 14.2. The second-order valence-corrected chi connectivity index (χ2v) is 6.25. The number of hydrogen-bond acceptors (Lipinski definition) is 4. The van der Waals surface area contributed by atoms with Gasteiger partial charge in [-0.1, -0.05) is 25.8 Å². The third-order valence-corrected chi connectivity index (χ3v) is 4.68. The summed E-state index contributed by atoms with van der Waals surface area (Å²) in [6, 6.07) is -0.820. The molecular weight excluding hydrogens is 254 g/mol. The van der Waals surface area contributed by atoms with Gasteiger partial charge in [0, 0.05) is 7.05 Å². The summed E-state index contributed by atoms with van der Waals surface area (Å²) in [7, 11) is -0.769. The van der Waals surface area contributed by atoms with Gasteiger partial charge in [-0.3, -0.25) is 4.79 Å². The minimum absolute atomic E-state index is 0.0575. The van der Waals surface area contributed by atoms with E-state index in [1.807, 2.05) is 6.92 Å². The average Bonchev–Trinajstić information content (AvgIpc) is 2.34. The van der Waals surface area contributed by atoms with E-state index in [1.165, 1.54) is 20.2 Å². The molecule has 0 heterocycles. The SMILES string of the molecule is C=CC[C@@H](C(=O)OC)N(C)S(=O)(=O)CCCCC. The molecule has 0 spiro atoms. The maximum atomic E-state index is 12.0. The number of likely N-dealkylation sites (N-methyl/N-ethyl adjacent to an activating group) is 1. The summed E-state index contributed by atoms with van der Waals surface area (Å²) >= 11 is 0. The third kappa shape index (κ3) is 5.18. The van der Waals surface area contributed by atoms with E-state index < -0.39 is 22.0 Å². The van der Waals surface area contributed by atoms with Gasteiger partial charge in [0.1, 0.15) is 6.04 Å². The molecule has 0 aliphatic heterocycles. The third-order valence-electron chi connectivity index (χ3n) is 2.75. The van der Waals surface area contributed by atoms with Crippen molar-refractivity contribution >= 4 is 16.0 Å². The Morgan fingerprint density at radius 1 is 1.44 bits per heavy atom. The molecule has 0 bridgehead atoms. The van der Waals surface area contributed by atoms with Crippen LogP contribution in [0.3, 0.4) is 0 Å². The molecule has 1 atom stereocenters. The molecule has 0 unspecified atom stereocenters. The van der Waals surface area contributed by atoms with Crippen LogP contribution in [0.1, 0.15) is 32.6 Å². The van der Waals surface area contributed by atoms with Crippen molar-refractivity contribution in [3.05, 3.63) is 12.7 Å². The van der Waals surface area contributed by atoms with E-state index >= 15 is 0 Å². The van der Waals surface area contributed by atoms with Crippen molar-refractivity contribution in [2.75, 3.05) is 19.9 Å². The van der Waals surface area contributed by atoms with Crippen molar-refractivity contribution in [2.24, 2.45) is 0 Å². The lowest BCUT2D eigenvalue weighted by molar-refractivity contribution is -0.144. The molecule has 0 aromatic carbocycles. The zero-order valence-corrected chi connectivity index (χ0v) is 12.2. The van der Waals surface area contributed by atoms with Gasteiger partial charge in [-0.05, 0) is 12.8 Å². The van der Waals surface area contributed by atoms with Crippen LogP contribution in [-0.2, 0) is 19.6 Å². The maximum Gasteiger partial charge on any atom is 0.324 e. The largest absolute Gasteiger partial charge is 0.468 e. The number of rotatable bonds is 9. The summed E-state index contributed by atoms with van der Waals surface area (Å²) < 4.78 is 29.8. The number of sulfonamides is 1. The standard InChI is InChI=1S/C12H23NO4S/c1-5-7-8-10-18(15,16)13(3)11(9-6-2)12(14)17-4/h6,11H,2,5,7-10H2,1,3-4H3/t11-/m0/s1. The van der Waals surface area contributed by atoms with Gasteiger partial charge in [-0.15, -0.1) is 6.58 Å². The lowest BCUT2D eigenvalue weighted by Gasteiger charge is -2.24. The Hall–Kier alpha value is -0.880. The average molecular weight is 277 g/mol. The maximum absolute atomic E-state index is 12.0. The second kappa shape index (κ2) is 8.26. The van der Waals surface area contributed by atoms with Gasteiger partial charge in [0.25, 0.3) is 0 Å². The molecule has 0 fully saturated rings. The van der Waals surface area contributed by atoms with Crippen molar-refractivity contribution in [1.29, 1.82) is 0 Å². The minimum Gasteiger partial charge on any atom is -0.468 e. The second-order valence-electron chi connectivity index (χ2n) is 4.10. The summed E-state index contributed by atoms with van der Waals surface area (Å²) in [6.45, 7) is 5.53. The Kier molecular flexibility index (Phi) is 7.86. The summed E-state index contributed by atoms with van der Waals surface area (Å²) in [5.41, 5.74) is 0. The molecule has 0 rings (SSSR count). The van der Waals surface area contributed by atoms with E-state index in [-0.39, 0.29) is 12.2 Å². The molecule has 5 nitrogen and oxygen atoms in total. The van der Waals surface area contributed by atoms with Crippen LogP contribution in [0.2, 0.25) is 0 Å². The highest BCUT2D eigenvalue weighted by atomic mass is 32.2. The molecule has 0 saturated heterocycles. The highest BCUT2D eigenvalue weighted by Gasteiger charge is 2.30. The van der Waals surface area contributed by atoms with Gasteiger partial charge < -0.3 is 4.74 Å². The van der Waals surface area contributed by atoms with Gasteiger partial charge in [-0.25, -0.2) is 8.42 Å². The fourth-order valence-electron chi connectivity index (χ4n) is 1.56. The van der Waals surface area contributed by atoms with Gasteiger partial charge in [-0.2, -0.15) is 4.31 Å². The molecule has 6 heteroatoms. The highest BCUT2D eigenvalue weighted by molar-refractivity contribution is 7.89. The number of nitrogens with zero attached hydrogens (tertiary/aromatic N) is 1. The van der Waals surface area contributed by atoms with Crippen LogP contribution in [0, 0.1) is 0 Å². The number of unbranched alkanes of at least 4 members (excludes halogenated alkanes) is 2. The van der Waals surface area contributed by atoms with Crippen molar-refractivity contribution in [3.8, 4) is 0 Å². The van der Waals surface area contributed by atoms with Gasteiger partial charge in [0.15, 0.2) is 0 Å². The Bertz CT molecular complexity index is 364. The molecule has 0 amide bonds. The van der Waals surface area contributed by atoms with Crippen molar-refractivity contribution in [1.82, 2.24) is 4.31 Å². The first-order valence-electron chi connectivity index (χ1n) is 6.05. The predicted molar refractivity (Wildman–Crippen MR) is 71.7 cm³/mol. The van der Waals surface area contributed by atoms with Crippen LogP contribution in [0.5, 0.6) is 0 Å². The highest BCUT2D eigenvalue weighted by Crippen LogP contribution is 2.12. The molecule has 18 heavy (non-hydrogen) atoms. The van der Waals surface area contributed by atoms with E-state index in [1.54, 1.807) is 0 Å². The molecular formula is C12H23NO4S. The van der Waals surface area contributed by atoms with Crippen LogP contribution in [0.4, 0.5) is 0 Å². The monoisotopic (exact) mass is 277 g/mol. The molecule has 0 aliphatic carbocycles. The van der Waals surface area contributed by atoms with Crippen LogP contribution in [0.15, 0.2) is 12.7 Å². The normalized spacial score (nSPS) is 13.3. The number of hydrogen-bond donors (Lipinski definition) is 0. The van der Waals surface area contributed by atoms with Crippen LogP contribution >= 0.6 is 0 Å². The first-order chi connectivity index (χ1) is 8.40. The first kappa shape index (κ1) is 17.1. The van der Waals surface area contributed by atoms with Gasteiger partial charge in [0.05, 0.1) is 12.9 Å². The van der Waals surface area contributed by atoms with Crippen LogP contribution < -0.4 is 0 Å². The van der Waals surface area contributed by atoms with Gasteiger partial charge in [0.2, 0.25) is 10.0 Å². The van der Waals surface area contributed by atoms with Crippen molar-refractivity contribution in [2.45, 2.75) is 38.6 Å². The summed E-state index contributed by atoms with van der Waals surface area (Å²) in [4.78, 5) is 11.5. The lowest BCUT2D eigenvalue weighted by atomic mass is 10.2. The summed E-state index contributed by atoms with van der Waals surface area (Å²) in [5, 5.41) is 0. The number of carbonyl (C=O) groups is 1. The summed E-state index contributed by atoms with van der Waals surface area (Å²) in [5.74, 6) is -0.501. The first-order valence-corrected chi connectivity index (χ1v) is 7.66. The van der Waals surface area contributed by atoms with Gasteiger partial charge >= 0.3 is 5.97 Å². The summed E-state index contributed by atoms with van der Waals surface area (Å²) in [6.07, 6.45) is 4.17. The molecule has 0 aromatic heterocycles. The van der Waals surface area contributed by atoms with E-state index in [0.29, 0.717) is 6.42 Å². The van der Waals surface area contributed by atoms with E-state index in [9.17, 15) is 13.2 Å². The fourth-order valence-corrected chi connectivity index (χ4v) is 2.98. The Labute approximate surface area is 110 Å². The zero-order valence-electron chi connectivity index (χ0n) is 11.4. The quantitative estimate of drug-likeness (QED) is 0.364. The smallest absolute Gasteiger partial charge is 0.324 e. The minimum atomic E-state index is -3.42. The topological polar surface area (TPSA) is 63.7 Å². The van der Waals surface area contributed by atoms with E-state index in [0.717, 1.165) is 17.1 Å². The number of carbonyl (C=O) groups excluding carboxylic acids is 1. The number of esters is 1. The van der Waals surface area contributed by atoms with Crippen molar-refractivity contribution < 1.29 is 17.9 Å². The Morgan fingerprint density at radius 3 is 2.50 bits per heavy atom. The van der Waals surface area contributed by atoms with E-state index in [4.69, 9.17) is 0 Å². The molecule has 106 valence electrons. The Balaban J connectivity index is 4.78. The van der Waals surface area contributed by atoms with Crippen LogP contribution in [0.25, 0.3) is 0 Å². The van der Waals surface area contributed by atoms with E-state index in [2.05, 4.69) is 11.3 Å². The number of ether oxygens (including phenoxy) is 1. The molecule has 0 aromatic rings. The molecule has 0 radical (unpaired) electrons. The van der Waals surface area contributed by atoms with Crippen LogP contribution in [-0.4, -0.2) is 44.6 Å². The molecule has 0 aliphatic rings. The Morgan fingerprint density at radius 2 is 2.06 bits per heavy atom. The molecule has 0 N–H and O–H groups in total. The predicted octanol–water partition coefficient (Wildman–Crippen LogP) is 1.56. The fraction of sp³-hybridized carbons (Fsp3) is 0.750. The molecule has 0 saturated carbocycles. The number of methoxy groups -OCH3 is 1.